The molecule has 4 N–H and O–H groups in total. The number of nitrogens with zero attached hydrogens (tertiary/aromatic N) is 4. The fourth-order valence-corrected chi connectivity index (χ4v) is 5.92. The predicted molar refractivity (Wildman–Crippen MR) is 171 cm³/mol. The zero-order valence-electron chi connectivity index (χ0n) is 23.5. The molecule has 234 valence electrons. The van der Waals surface area contributed by atoms with Crippen LogP contribution in [0.4, 0.5) is 28.4 Å². The summed E-state index contributed by atoms with van der Waals surface area (Å²) in [6, 6.07) is 22.2. The van der Waals surface area contributed by atoms with Crippen LogP contribution in [0, 0.1) is 6.92 Å². The van der Waals surface area contributed by atoms with Crippen molar-refractivity contribution in [3.05, 3.63) is 107 Å². The molecule has 5 aromatic carbocycles. The SMILES string of the molecule is Cc1cc(S(=O)(=O)O)cc(Cl)c1N=Nc1ccc(N=Nc2c(S(=O)(=O)O)cc3cc(NC(=O)c4ccccc4)ccc3c2O)cc1. The molecule has 1 amide bonds. The molecule has 0 aliphatic carbocycles. The first kappa shape index (κ1) is 32.3. The number of carbonyl (C=O) groups excluding carboxylic acids is 1. The Morgan fingerprint density at radius 1 is 0.739 bits per heavy atom. The van der Waals surface area contributed by atoms with Gasteiger partial charge in [0, 0.05) is 16.6 Å². The number of halogens is 1. The number of amides is 1. The maximum Gasteiger partial charge on any atom is 0.296 e. The van der Waals surface area contributed by atoms with Crippen molar-refractivity contribution in [1.82, 2.24) is 0 Å². The summed E-state index contributed by atoms with van der Waals surface area (Å²) >= 11 is 6.12. The van der Waals surface area contributed by atoms with Crippen molar-refractivity contribution >= 4 is 77.0 Å². The minimum Gasteiger partial charge on any atom is -0.505 e. The Bertz CT molecular complexity index is 2260. The Morgan fingerprint density at radius 2 is 1.35 bits per heavy atom. The van der Waals surface area contributed by atoms with E-state index in [2.05, 4.69) is 25.8 Å². The molecule has 0 spiro atoms. The molecule has 0 fully saturated rings. The summed E-state index contributed by atoms with van der Waals surface area (Å²) < 4.78 is 66.4. The highest BCUT2D eigenvalue weighted by atomic mass is 35.5. The lowest BCUT2D eigenvalue weighted by Gasteiger charge is -2.11. The average molecular weight is 680 g/mol. The molecule has 5 rings (SSSR count). The molecule has 0 atom stereocenters. The van der Waals surface area contributed by atoms with Gasteiger partial charge in [0.15, 0.2) is 5.75 Å². The molecule has 0 aromatic heterocycles. The van der Waals surface area contributed by atoms with Crippen molar-refractivity contribution in [1.29, 1.82) is 0 Å². The maximum absolute atomic E-state index is 12.5. The Labute approximate surface area is 267 Å². The summed E-state index contributed by atoms with van der Waals surface area (Å²) in [6.07, 6.45) is 0. The van der Waals surface area contributed by atoms with Gasteiger partial charge in [0.2, 0.25) is 0 Å². The van der Waals surface area contributed by atoms with Crippen LogP contribution in [0.25, 0.3) is 10.8 Å². The van der Waals surface area contributed by atoms with Crippen LogP contribution in [-0.4, -0.2) is 37.0 Å². The standard InChI is InChI=1S/C30H22ClN5O8S2/c1-17-13-23(45(39,40)41)16-25(31)27(17)35-33-20-7-9-21(10-8-20)34-36-28-26(46(42,43)44)15-19-14-22(11-12-24(19)29(28)37)32-30(38)18-5-3-2-4-6-18/h2-16,37H,1H3,(H,32,38)(H,39,40,41)(H,42,43,44). The van der Waals surface area contributed by atoms with Gasteiger partial charge in [-0.1, -0.05) is 29.8 Å². The van der Waals surface area contributed by atoms with Crippen molar-refractivity contribution in [2.24, 2.45) is 20.5 Å². The first-order valence-corrected chi connectivity index (χ1v) is 16.3. The molecule has 0 saturated heterocycles. The summed E-state index contributed by atoms with van der Waals surface area (Å²) in [5, 5.41) is 30.0. The highest BCUT2D eigenvalue weighted by molar-refractivity contribution is 7.86. The van der Waals surface area contributed by atoms with Crippen molar-refractivity contribution in [2.75, 3.05) is 5.32 Å². The third-order valence-electron chi connectivity index (χ3n) is 6.53. The predicted octanol–water partition coefficient (Wildman–Crippen LogP) is 8.08. The third-order valence-corrected chi connectivity index (χ3v) is 8.52. The van der Waals surface area contributed by atoms with Gasteiger partial charge in [-0.2, -0.15) is 27.1 Å². The Morgan fingerprint density at radius 3 is 1.91 bits per heavy atom. The fourth-order valence-electron chi connectivity index (χ4n) is 4.30. The van der Waals surface area contributed by atoms with Gasteiger partial charge in [0.1, 0.15) is 16.3 Å². The van der Waals surface area contributed by atoms with Crippen LogP contribution in [0.1, 0.15) is 15.9 Å². The topological polar surface area (TPSA) is 208 Å². The van der Waals surface area contributed by atoms with E-state index in [0.29, 0.717) is 22.5 Å². The van der Waals surface area contributed by atoms with Crippen LogP contribution in [0.3, 0.4) is 0 Å². The molecule has 46 heavy (non-hydrogen) atoms. The molecule has 0 aliphatic heterocycles. The Kier molecular flexibility index (Phi) is 8.96. The summed E-state index contributed by atoms with van der Waals surface area (Å²) in [6.45, 7) is 1.55. The number of benzene rings is 5. The smallest absolute Gasteiger partial charge is 0.296 e. The number of aromatic hydroxyl groups is 1. The van der Waals surface area contributed by atoms with Gasteiger partial charge < -0.3 is 10.4 Å². The Balaban J connectivity index is 1.41. The largest absolute Gasteiger partial charge is 0.505 e. The number of rotatable bonds is 8. The van der Waals surface area contributed by atoms with E-state index in [1.165, 1.54) is 48.5 Å². The first-order valence-electron chi connectivity index (χ1n) is 13.1. The van der Waals surface area contributed by atoms with E-state index in [0.717, 1.165) is 12.1 Å². The second-order valence-corrected chi connectivity index (χ2v) is 13.0. The molecule has 0 saturated carbocycles. The number of aryl methyl sites for hydroxylation is 1. The number of fused-ring (bicyclic) bond motifs is 1. The lowest BCUT2D eigenvalue weighted by molar-refractivity contribution is 0.102. The minimum atomic E-state index is -4.88. The lowest BCUT2D eigenvalue weighted by atomic mass is 10.1. The van der Waals surface area contributed by atoms with Crippen molar-refractivity contribution in [3.8, 4) is 5.75 Å². The van der Waals surface area contributed by atoms with Crippen LogP contribution in [-0.2, 0) is 20.2 Å². The highest BCUT2D eigenvalue weighted by Crippen LogP contribution is 2.42. The van der Waals surface area contributed by atoms with E-state index in [1.807, 2.05) is 0 Å². The van der Waals surface area contributed by atoms with E-state index in [4.69, 9.17) is 11.6 Å². The van der Waals surface area contributed by atoms with Crippen LogP contribution >= 0.6 is 11.6 Å². The van der Waals surface area contributed by atoms with Gasteiger partial charge in [-0.15, -0.1) is 10.2 Å². The average Bonchev–Trinajstić information content (AvgIpc) is 3.00. The molecule has 5 aromatic rings. The van der Waals surface area contributed by atoms with Gasteiger partial charge in [-0.05, 0) is 90.7 Å². The molecule has 0 heterocycles. The lowest BCUT2D eigenvalue weighted by Crippen LogP contribution is -2.11. The number of phenolic OH excluding ortho intramolecular Hbond substituents is 1. The van der Waals surface area contributed by atoms with Crippen molar-refractivity contribution < 1.29 is 35.8 Å². The number of azo groups is 2. The van der Waals surface area contributed by atoms with Crippen LogP contribution in [0.2, 0.25) is 5.02 Å². The van der Waals surface area contributed by atoms with Gasteiger partial charge in [0.05, 0.1) is 21.3 Å². The van der Waals surface area contributed by atoms with Crippen molar-refractivity contribution in [3.63, 3.8) is 0 Å². The summed E-state index contributed by atoms with van der Waals surface area (Å²) in [7, 11) is -9.33. The molecule has 13 nitrogen and oxygen atoms in total. The zero-order chi connectivity index (χ0) is 33.2. The van der Waals surface area contributed by atoms with Gasteiger partial charge >= 0.3 is 0 Å². The normalized spacial score (nSPS) is 12.3. The quantitative estimate of drug-likeness (QED) is 0.0928. The molecule has 16 heteroatoms. The number of carbonyl (C=O) groups is 1. The minimum absolute atomic E-state index is 0.0419. The number of anilines is 1. The number of hydrogen-bond donors (Lipinski definition) is 4. The molecule has 0 aliphatic rings. The zero-order valence-corrected chi connectivity index (χ0v) is 25.9. The maximum atomic E-state index is 12.5. The van der Waals surface area contributed by atoms with E-state index in [1.54, 1.807) is 37.3 Å². The van der Waals surface area contributed by atoms with E-state index >= 15 is 0 Å². The number of nitrogens with one attached hydrogen (secondary N) is 1. The van der Waals surface area contributed by atoms with Crippen LogP contribution in [0.15, 0.2) is 121 Å². The summed E-state index contributed by atoms with van der Waals surface area (Å²) in [5.74, 6) is -0.960. The summed E-state index contributed by atoms with van der Waals surface area (Å²) in [5.41, 5.74) is 1.34. The van der Waals surface area contributed by atoms with Gasteiger partial charge in [-0.3, -0.25) is 13.9 Å². The summed E-state index contributed by atoms with van der Waals surface area (Å²) in [4.78, 5) is 11.5. The second-order valence-electron chi connectivity index (χ2n) is 9.77. The van der Waals surface area contributed by atoms with Crippen molar-refractivity contribution in [2.45, 2.75) is 16.7 Å². The van der Waals surface area contributed by atoms with Crippen LogP contribution < -0.4 is 5.32 Å². The first-order chi connectivity index (χ1) is 21.7. The fraction of sp³-hybridized carbons (Fsp3) is 0.0333. The molecule has 0 unspecified atom stereocenters. The second kappa shape index (κ2) is 12.7. The number of hydrogen-bond acceptors (Lipinski definition) is 10. The highest BCUT2D eigenvalue weighted by Gasteiger charge is 2.22. The third kappa shape index (κ3) is 7.25. The van der Waals surface area contributed by atoms with E-state index < -0.39 is 42.5 Å². The van der Waals surface area contributed by atoms with Gasteiger partial charge in [-0.25, -0.2) is 0 Å². The van der Waals surface area contributed by atoms with E-state index in [-0.39, 0.29) is 32.1 Å². The molecular formula is C30H22ClN5O8S2. The molecular weight excluding hydrogens is 658 g/mol. The number of phenols is 1. The van der Waals surface area contributed by atoms with Crippen LogP contribution in [0.5, 0.6) is 5.75 Å². The molecule has 0 radical (unpaired) electrons. The molecule has 0 bridgehead atoms. The van der Waals surface area contributed by atoms with Gasteiger partial charge in [0.25, 0.3) is 26.1 Å². The van der Waals surface area contributed by atoms with E-state index in [9.17, 15) is 35.8 Å². The Hall–Kier alpha value is -5.06. The monoisotopic (exact) mass is 679 g/mol.